The van der Waals surface area contributed by atoms with E-state index in [0.717, 1.165) is 17.1 Å². The molecule has 2 fully saturated rings. The molecule has 3 rings (SSSR count). The summed E-state index contributed by atoms with van der Waals surface area (Å²) >= 11 is 3.50. The quantitative estimate of drug-likeness (QED) is 0.922. The third-order valence-corrected chi connectivity index (χ3v) is 4.72. The van der Waals surface area contributed by atoms with Crippen LogP contribution in [-0.2, 0) is 6.54 Å². The van der Waals surface area contributed by atoms with Gasteiger partial charge in [0, 0.05) is 23.1 Å². The molecular formula is C15H19BrN2. The van der Waals surface area contributed by atoms with Gasteiger partial charge in [0.2, 0.25) is 0 Å². The first-order valence-corrected chi connectivity index (χ1v) is 7.42. The van der Waals surface area contributed by atoms with Gasteiger partial charge in [-0.05, 0) is 55.8 Å². The largest absolute Gasteiger partial charge is 0.387 e. The van der Waals surface area contributed by atoms with E-state index in [9.17, 15) is 0 Å². The van der Waals surface area contributed by atoms with Crippen LogP contribution in [0.3, 0.4) is 0 Å². The summed E-state index contributed by atoms with van der Waals surface area (Å²) in [6.07, 6.45) is 6.23. The van der Waals surface area contributed by atoms with Crippen molar-refractivity contribution >= 4 is 15.9 Å². The van der Waals surface area contributed by atoms with Gasteiger partial charge in [-0.3, -0.25) is 4.90 Å². The highest BCUT2D eigenvalue weighted by molar-refractivity contribution is 9.10. The molecule has 1 N–H and O–H groups in total. The highest BCUT2D eigenvalue weighted by Crippen LogP contribution is 2.39. The first-order valence-electron chi connectivity index (χ1n) is 6.63. The summed E-state index contributed by atoms with van der Waals surface area (Å²) in [5.74, 6) is 0. The van der Waals surface area contributed by atoms with E-state index in [1.807, 2.05) is 0 Å². The molecule has 2 aliphatic heterocycles. The number of halogens is 1. The van der Waals surface area contributed by atoms with Gasteiger partial charge >= 0.3 is 0 Å². The Morgan fingerprint density at radius 2 is 2.33 bits per heavy atom. The summed E-state index contributed by atoms with van der Waals surface area (Å²) in [5, 5.41) is 3.47. The van der Waals surface area contributed by atoms with Crippen molar-refractivity contribution < 1.29 is 0 Å². The van der Waals surface area contributed by atoms with Gasteiger partial charge in [-0.1, -0.05) is 28.1 Å². The Bertz CT molecular complexity index is 469. The second-order valence-corrected chi connectivity index (χ2v) is 6.26. The third-order valence-electron chi connectivity index (χ3n) is 4.22. The second-order valence-electron chi connectivity index (χ2n) is 5.35. The molecule has 0 aliphatic carbocycles. The Kier molecular flexibility index (Phi) is 3.44. The molecule has 1 aromatic rings. The van der Waals surface area contributed by atoms with Gasteiger partial charge in [0.15, 0.2) is 0 Å². The predicted molar refractivity (Wildman–Crippen MR) is 78.3 cm³/mol. The van der Waals surface area contributed by atoms with E-state index in [-0.39, 0.29) is 0 Å². The molecule has 0 amide bonds. The van der Waals surface area contributed by atoms with Crippen molar-refractivity contribution in [2.45, 2.75) is 37.9 Å². The van der Waals surface area contributed by atoms with Crippen molar-refractivity contribution in [3.63, 3.8) is 0 Å². The molecule has 2 bridgehead atoms. The highest BCUT2D eigenvalue weighted by Gasteiger charge is 2.39. The Hall–Kier alpha value is -0.800. The lowest BCUT2D eigenvalue weighted by Crippen LogP contribution is -2.23. The molecule has 2 aliphatic rings. The molecule has 1 aromatic carbocycles. The number of fused-ring (bicyclic) bond motifs is 2. The van der Waals surface area contributed by atoms with Crippen LogP contribution in [0.25, 0.3) is 0 Å². The number of benzene rings is 1. The lowest BCUT2D eigenvalue weighted by atomic mass is 9.96. The van der Waals surface area contributed by atoms with Gasteiger partial charge in [-0.25, -0.2) is 0 Å². The van der Waals surface area contributed by atoms with Crippen LogP contribution in [-0.4, -0.2) is 24.0 Å². The molecule has 2 unspecified atom stereocenters. The van der Waals surface area contributed by atoms with Gasteiger partial charge in [-0.15, -0.1) is 0 Å². The van der Waals surface area contributed by atoms with Gasteiger partial charge in [-0.2, -0.15) is 0 Å². The second kappa shape index (κ2) is 5.06. The van der Waals surface area contributed by atoms with E-state index in [2.05, 4.69) is 63.7 Å². The van der Waals surface area contributed by atoms with Crippen LogP contribution in [0.1, 0.15) is 24.8 Å². The van der Waals surface area contributed by atoms with Crippen LogP contribution in [0.4, 0.5) is 0 Å². The van der Waals surface area contributed by atoms with Crippen LogP contribution in [0.5, 0.6) is 0 Å². The topological polar surface area (TPSA) is 15.3 Å². The fraction of sp³-hybridized carbons (Fsp3) is 0.467. The van der Waals surface area contributed by atoms with Crippen molar-refractivity contribution in [1.29, 1.82) is 0 Å². The van der Waals surface area contributed by atoms with E-state index in [1.165, 1.54) is 24.8 Å². The van der Waals surface area contributed by atoms with Crippen LogP contribution in [0.2, 0.25) is 0 Å². The van der Waals surface area contributed by atoms with Crippen LogP contribution < -0.4 is 5.32 Å². The van der Waals surface area contributed by atoms with Gasteiger partial charge in [0.1, 0.15) is 0 Å². The Morgan fingerprint density at radius 1 is 1.44 bits per heavy atom. The van der Waals surface area contributed by atoms with Crippen molar-refractivity contribution in [1.82, 2.24) is 10.2 Å². The molecule has 0 aromatic heterocycles. The standard InChI is InChI=1S/C15H19BrN2/c1-18-14-5-6-15(18)12(8-14)10-17-9-11-3-2-4-13(16)7-11/h2-4,7,10,14-15,17H,5-6,8-9H2,1H3/b12-10+. The maximum absolute atomic E-state index is 3.50. The van der Waals surface area contributed by atoms with Crippen LogP contribution in [0.15, 0.2) is 40.5 Å². The molecule has 0 spiro atoms. The minimum Gasteiger partial charge on any atom is -0.387 e. The van der Waals surface area contributed by atoms with Crippen molar-refractivity contribution in [3.05, 3.63) is 46.1 Å². The van der Waals surface area contributed by atoms with E-state index >= 15 is 0 Å². The van der Waals surface area contributed by atoms with Gasteiger partial charge < -0.3 is 5.32 Å². The molecule has 2 saturated heterocycles. The number of likely N-dealkylation sites (N-methyl/N-ethyl adjacent to an activating group) is 1. The van der Waals surface area contributed by atoms with Crippen molar-refractivity contribution in [3.8, 4) is 0 Å². The third kappa shape index (κ3) is 2.34. The van der Waals surface area contributed by atoms with Crippen LogP contribution in [0, 0.1) is 0 Å². The lowest BCUT2D eigenvalue weighted by Gasteiger charge is -2.14. The Morgan fingerprint density at radius 3 is 3.00 bits per heavy atom. The van der Waals surface area contributed by atoms with E-state index in [0.29, 0.717) is 6.04 Å². The Balaban J connectivity index is 1.59. The summed E-state index contributed by atoms with van der Waals surface area (Å²) < 4.78 is 1.15. The minimum atomic E-state index is 0.699. The molecule has 2 nitrogen and oxygen atoms in total. The maximum Gasteiger partial charge on any atom is 0.0395 e. The summed E-state index contributed by atoms with van der Waals surface area (Å²) in [5.41, 5.74) is 2.90. The van der Waals surface area contributed by atoms with E-state index in [1.54, 1.807) is 5.57 Å². The summed E-state index contributed by atoms with van der Waals surface area (Å²) in [6.45, 7) is 0.907. The van der Waals surface area contributed by atoms with E-state index in [4.69, 9.17) is 0 Å². The number of nitrogens with zero attached hydrogens (tertiary/aromatic N) is 1. The molecule has 2 heterocycles. The molecule has 0 radical (unpaired) electrons. The zero-order chi connectivity index (χ0) is 12.5. The van der Waals surface area contributed by atoms with Gasteiger partial charge in [0.05, 0.1) is 0 Å². The summed E-state index contributed by atoms with van der Waals surface area (Å²) in [7, 11) is 2.26. The summed E-state index contributed by atoms with van der Waals surface area (Å²) in [4.78, 5) is 2.53. The number of hydrogen-bond acceptors (Lipinski definition) is 2. The zero-order valence-electron chi connectivity index (χ0n) is 10.7. The highest BCUT2D eigenvalue weighted by atomic mass is 79.9. The molecule has 3 heteroatoms. The molecule has 18 heavy (non-hydrogen) atoms. The fourth-order valence-electron chi connectivity index (χ4n) is 3.22. The monoisotopic (exact) mass is 306 g/mol. The van der Waals surface area contributed by atoms with Crippen molar-refractivity contribution in [2.75, 3.05) is 7.05 Å². The zero-order valence-corrected chi connectivity index (χ0v) is 12.3. The molecule has 0 saturated carbocycles. The first-order chi connectivity index (χ1) is 8.74. The van der Waals surface area contributed by atoms with Gasteiger partial charge in [0.25, 0.3) is 0 Å². The molecule has 96 valence electrons. The van der Waals surface area contributed by atoms with Crippen LogP contribution >= 0.6 is 15.9 Å². The maximum atomic E-state index is 3.50. The predicted octanol–water partition coefficient (Wildman–Crippen LogP) is 3.29. The molecular weight excluding hydrogens is 288 g/mol. The number of rotatable bonds is 3. The minimum absolute atomic E-state index is 0.699. The SMILES string of the molecule is CN1C2CCC1/C(=C/NCc1cccc(Br)c1)C2. The summed E-state index contributed by atoms with van der Waals surface area (Å²) in [6, 6.07) is 9.97. The van der Waals surface area contributed by atoms with E-state index < -0.39 is 0 Å². The van der Waals surface area contributed by atoms with Crippen molar-refractivity contribution in [2.24, 2.45) is 0 Å². The fourth-order valence-corrected chi connectivity index (χ4v) is 3.66. The average Bonchev–Trinajstić information content (AvgIpc) is 2.85. The Labute approximate surface area is 117 Å². The average molecular weight is 307 g/mol. The number of nitrogens with one attached hydrogen (secondary N) is 1. The number of hydrogen-bond donors (Lipinski definition) is 1. The normalized spacial score (nSPS) is 29.1. The lowest BCUT2D eigenvalue weighted by molar-refractivity contribution is 0.321. The molecule has 2 atom stereocenters. The first kappa shape index (κ1) is 12.2. The smallest absolute Gasteiger partial charge is 0.0395 e.